The summed E-state index contributed by atoms with van der Waals surface area (Å²) in [5, 5.41) is 3.26. The monoisotopic (exact) mass is 572 g/mol. The number of nitrogens with one attached hydrogen (secondary N) is 2. The van der Waals surface area contributed by atoms with E-state index in [1.807, 2.05) is 18.2 Å². The predicted octanol–water partition coefficient (Wildman–Crippen LogP) is 6.45. The van der Waals surface area contributed by atoms with Crippen molar-refractivity contribution in [3.63, 3.8) is 0 Å². The molecule has 4 rings (SSSR count). The molecule has 0 amide bonds. The van der Waals surface area contributed by atoms with Gasteiger partial charge in [-0.05, 0) is 62.0 Å². The van der Waals surface area contributed by atoms with Gasteiger partial charge in [-0.1, -0.05) is 29.4 Å². The summed E-state index contributed by atoms with van der Waals surface area (Å²) < 4.78 is 80.2. The average molecular weight is 573 g/mol. The van der Waals surface area contributed by atoms with Crippen molar-refractivity contribution in [1.29, 1.82) is 0 Å². The van der Waals surface area contributed by atoms with Crippen LogP contribution in [0.5, 0.6) is 11.5 Å². The van der Waals surface area contributed by atoms with Crippen molar-refractivity contribution in [2.24, 2.45) is 0 Å². The van der Waals surface area contributed by atoms with Gasteiger partial charge in [0.2, 0.25) is 0 Å². The van der Waals surface area contributed by atoms with Crippen LogP contribution in [-0.2, 0) is 16.2 Å². The van der Waals surface area contributed by atoms with Crippen LogP contribution in [0.4, 0.5) is 18.9 Å². The number of rotatable bonds is 8. The Labute approximate surface area is 222 Å². The van der Waals surface area contributed by atoms with Gasteiger partial charge in [-0.2, -0.15) is 13.2 Å². The summed E-state index contributed by atoms with van der Waals surface area (Å²) in [5.74, 6) is 0.226. The normalized spacial score (nSPS) is 18.0. The molecule has 3 aromatic rings. The zero-order valence-electron chi connectivity index (χ0n) is 19.9. The number of anilines is 1. The molecule has 37 heavy (non-hydrogen) atoms. The van der Waals surface area contributed by atoms with Crippen LogP contribution >= 0.6 is 23.4 Å². The van der Waals surface area contributed by atoms with E-state index in [0.717, 1.165) is 23.1 Å². The second-order valence-corrected chi connectivity index (χ2v) is 11.9. The van der Waals surface area contributed by atoms with E-state index < -0.39 is 33.1 Å². The summed E-state index contributed by atoms with van der Waals surface area (Å²) in [4.78, 5) is 1.33. The lowest BCUT2D eigenvalue weighted by atomic mass is 10.1. The lowest BCUT2D eigenvalue weighted by Crippen LogP contribution is -2.35. The third kappa shape index (κ3) is 6.64. The van der Waals surface area contributed by atoms with Gasteiger partial charge >= 0.3 is 6.18 Å². The third-order valence-electron chi connectivity index (χ3n) is 5.71. The van der Waals surface area contributed by atoms with Crippen LogP contribution in [0.15, 0.2) is 75.4 Å². The highest BCUT2D eigenvalue weighted by Gasteiger charge is 2.38. The van der Waals surface area contributed by atoms with Crippen LogP contribution in [-0.4, -0.2) is 34.2 Å². The molecule has 0 unspecified atom stereocenters. The summed E-state index contributed by atoms with van der Waals surface area (Å²) >= 11 is 7.71. The number of benzene rings is 3. The first-order chi connectivity index (χ1) is 17.4. The molecule has 198 valence electrons. The Bertz CT molecular complexity index is 1390. The molecule has 0 aliphatic carbocycles. The number of halogens is 4. The van der Waals surface area contributed by atoms with E-state index in [-0.39, 0.29) is 15.6 Å². The van der Waals surface area contributed by atoms with Gasteiger partial charge in [-0.15, -0.1) is 0 Å². The average Bonchev–Trinajstić information content (AvgIpc) is 3.25. The quantitative estimate of drug-likeness (QED) is 0.323. The van der Waals surface area contributed by atoms with Crippen molar-refractivity contribution < 1.29 is 31.1 Å². The van der Waals surface area contributed by atoms with Crippen LogP contribution in [0.25, 0.3) is 0 Å². The van der Waals surface area contributed by atoms with Crippen molar-refractivity contribution in [2.45, 2.75) is 39.8 Å². The minimum absolute atomic E-state index is 0.0662. The van der Waals surface area contributed by atoms with Crippen molar-refractivity contribution in [3.05, 3.63) is 71.2 Å². The molecular formula is C25H24ClF3N2O4S2. The number of hydrogen-bond acceptors (Lipinski definition) is 6. The highest BCUT2D eigenvalue weighted by molar-refractivity contribution is 7.99. The smallest absolute Gasteiger partial charge is 0.419 e. The maximum absolute atomic E-state index is 13.6. The molecule has 0 spiro atoms. The summed E-state index contributed by atoms with van der Waals surface area (Å²) in [6.45, 7) is 2.69. The molecule has 1 fully saturated rings. The third-order valence-corrected chi connectivity index (χ3v) is 8.58. The van der Waals surface area contributed by atoms with Crippen LogP contribution in [0.2, 0.25) is 5.02 Å². The van der Waals surface area contributed by atoms with Crippen LogP contribution in [0.3, 0.4) is 0 Å². The number of alkyl halides is 3. The molecule has 1 atom stereocenters. The van der Waals surface area contributed by atoms with E-state index in [1.54, 1.807) is 26.2 Å². The minimum Gasteiger partial charge on any atom is -0.497 e. The van der Waals surface area contributed by atoms with Gasteiger partial charge in [0.1, 0.15) is 17.1 Å². The lowest BCUT2D eigenvalue weighted by molar-refractivity contribution is -0.139. The molecule has 0 aromatic heterocycles. The highest BCUT2D eigenvalue weighted by atomic mass is 35.5. The molecule has 1 saturated heterocycles. The number of sulfonamides is 1. The van der Waals surface area contributed by atoms with Gasteiger partial charge in [0.05, 0.1) is 28.3 Å². The summed E-state index contributed by atoms with van der Waals surface area (Å²) in [6.07, 6.45) is -4.15. The Morgan fingerprint density at radius 1 is 1.11 bits per heavy atom. The fourth-order valence-corrected chi connectivity index (χ4v) is 6.09. The second kappa shape index (κ2) is 10.6. The Morgan fingerprint density at radius 2 is 1.89 bits per heavy atom. The molecule has 1 heterocycles. The molecule has 1 aliphatic rings. The summed E-state index contributed by atoms with van der Waals surface area (Å²) in [7, 11) is -2.60. The Hall–Kier alpha value is -2.60. The molecule has 0 bridgehead atoms. The summed E-state index contributed by atoms with van der Waals surface area (Å²) in [5.41, 5.74) is -1.89. The predicted molar refractivity (Wildman–Crippen MR) is 137 cm³/mol. The molecule has 6 nitrogen and oxygen atoms in total. The first-order valence-electron chi connectivity index (χ1n) is 11.1. The van der Waals surface area contributed by atoms with Gasteiger partial charge in [0.15, 0.2) is 0 Å². The van der Waals surface area contributed by atoms with Gasteiger partial charge in [0.25, 0.3) is 10.0 Å². The Balaban J connectivity index is 1.57. The molecule has 2 N–H and O–H groups in total. The zero-order chi connectivity index (χ0) is 26.8. The largest absolute Gasteiger partial charge is 0.497 e. The van der Waals surface area contributed by atoms with E-state index in [0.29, 0.717) is 30.2 Å². The topological polar surface area (TPSA) is 76.7 Å². The lowest BCUT2D eigenvalue weighted by Gasteiger charge is -2.27. The maximum atomic E-state index is 13.6. The number of hydrogen-bond donors (Lipinski definition) is 2. The number of ether oxygens (including phenoxy) is 2. The van der Waals surface area contributed by atoms with E-state index in [1.165, 1.54) is 23.9 Å². The molecule has 0 saturated carbocycles. The molecule has 12 heteroatoms. The fourth-order valence-electron chi connectivity index (χ4n) is 3.79. The minimum atomic E-state index is -4.67. The van der Waals surface area contributed by atoms with Gasteiger partial charge < -0.3 is 14.8 Å². The van der Waals surface area contributed by atoms with Crippen LogP contribution < -0.4 is 19.5 Å². The van der Waals surface area contributed by atoms with E-state index in [9.17, 15) is 21.6 Å². The van der Waals surface area contributed by atoms with Crippen molar-refractivity contribution in [2.75, 3.05) is 24.9 Å². The van der Waals surface area contributed by atoms with Gasteiger partial charge in [0, 0.05) is 28.8 Å². The zero-order valence-corrected chi connectivity index (χ0v) is 22.2. The number of methoxy groups -OCH3 is 1. The standard InChI is InChI=1S/C25H24ClF3N2O4S2/c1-24(10-11-30-15-24)35-22-12-16(6-8-20(22)25(27,28)29)31-37(32,33)19-7-9-23(21(26)14-19)36-18-5-3-4-17(13-18)34-2/h3-9,12-14,30-31H,10-11,15H2,1-2H3/t24-/m1/s1. The highest BCUT2D eigenvalue weighted by Crippen LogP contribution is 2.41. The molecular weight excluding hydrogens is 549 g/mol. The van der Waals surface area contributed by atoms with Crippen LogP contribution in [0, 0.1) is 0 Å². The Morgan fingerprint density at radius 3 is 2.54 bits per heavy atom. The van der Waals surface area contributed by atoms with Gasteiger partial charge in [-0.25, -0.2) is 8.42 Å². The van der Waals surface area contributed by atoms with Crippen LogP contribution in [0.1, 0.15) is 18.9 Å². The second-order valence-electron chi connectivity index (χ2n) is 8.67. The van der Waals surface area contributed by atoms with Crippen molar-refractivity contribution >= 4 is 39.1 Å². The first-order valence-corrected chi connectivity index (χ1v) is 13.8. The van der Waals surface area contributed by atoms with E-state index in [4.69, 9.17) is 21.1 Å². The SMILES string of the molecule is COc1cccc(Sc2ccc(S(=O)(=O)Nc3ccc(C(F)(F)F)c(O[C@]4(C)CCNC4)c3)cc2Cl)c1. The van der Waals surface area contributed by atoms with Gasteiger partial charge in [-0.3, -0.25) is 4.72 Å². The molecule has 3 aromatic carbocycles. The van der Waals surface area contributed by atoms with E-state index >= 15 is 0 Å². The maximum Gasteiger partial charge on any atom is 0.419 e. The van der Waals surface area contributed by atoms with Crippen molar-refractivity contribution in [1.82, 2.24) is 5.32 Å². The first kappa shape index (κ1) is 27.4. The Kier molecular flexibility index (Phi) is 7.89. The molecule has 1 aliphatic heterocycles. The molecule has 0 radical (unpaired) electrons. The fraction of sp³-hybridized carbons (Fsp3) is 0.280. The summed E-state index contributed by atoms with van der Waals surface area (Å²) in [6, 6.07) is 14.5. The van der Waals surface area contributed by atoms with Crippen molar-refractivity contribution in [3.8, 4) is 11.5 Å². The van der Waals surface area contributed by atoms with E-state index in [2.05, 4.69) is 10.0 Å².